The van der Waals surface area contributed by atoms with E-state index in [-0.39, 0.29) is 35.5 Å². The van der Waals surface area contributed by atoms with Gasteiger partial charge in [-0.05, 0) is 123 Å². The number of Topliss-reactive ketones (excluding diaryl/α,β-unsaturated/α-hetero) is 1. The molecule has 61 heavy (non-hydrogen) atoms. The van der Waals surface area contributed by atoms with Gasteiger partial charge in [-0.25, -0.2) is 23.7 Å². The van der Waals surface area contributed by atoms with Crippen LogP contribution >= 0.6 is 11.6 Å². The molecule has 9 rings (SSSR count). The first kappa shape index (κ1) is 41.5. The number of aromatic nitrogens is 5. The number of imidazole rings is 1. The number of ketones is 1. The Bertz CT molecular complexity index is 2520. The molecule has 3 aliphatic carbocycles. The zero-order valence-corrected chi connectivity index (χ0v) is 35.4. The molecule has 3 fully saturated rings. The molecule has 0 amide bonds. The molecule has 0 spiro atoms. The highest BCUT2D eigenvalue weighted by molar-refractivity contribution is 6.34. The number of aliphatic hydroxyl groups excluding tert-OH is 1. The summed E-state index contributed by atoms with van der Waals surface area (Å²) < 4.78 is 30.2. The smallest absolute Gasteiger partial charge is 0.309 e. The zero-order chi connectivity index (χ0) is 42.6. The lowest BCUT2D eigenvalue weighted by molar-refractivity contribution is -0.148. The number of aryl methyl sites for hydroxylation is 1. The van der Waals surface area contributed by atoms with E-state index in [1.165, 1.54) is 0 Å². The summed E-state index contributed by atoms with van der Waals surface area (Å²) in [6, 6.07) is 13.0. The van der Waals surface area contributed by atoms with Crippen molar-refractivity contribution < 1.29 is 28.6 Å². The highest BCUT2D eigenvalue weighted by Crippen LogP contribution is 2.63. The Kier molecular flexibility index (Phi) is 11.2. The molecule has 0 saturated heterocycles. The highest BCUT2D eigenvalue weighted by atomic mass is 35.5. The Hall–Kier alpha value is -4.85. The molecule has 2 atom stereocenters. The summed E-state index contributed by atoms with van der Waals surface area (Å²) in [5, 5.41) is 23.8. The molecular formula is C47H52ClF2N7O4. The number of benzene rings is 2. The molecule has 1 aliphatic heterocycles. The van der Waals surface area contributed by atoms with Crippen LogP contribution in [0.4, 0.5) is 20.3 Å². The first-order valence-corrected chi connectivity index (χ1v) is 22.0. The number of hydrogen-bond acceptors (Lipinski definition) is 9. The number of alkyl halides is 2. The van der Waals surface area contributed by atoms with Crippen LogP contribution in [0.15, 0.2) is 48.7 Å². The molecule has 2 aromatic carbocycles. The van der Waals surface area contributed by atoms with E-state index < -0.39 is 23.6 Å². The number of pyridine rings is 1. The quantitative estimate of drug-likeness (QED) is 0.0924. The van der Waals surface area contributed by atoms with Crippen molar-refractivity contribution in [3.8, 4) is 11.1 Å². The van der Waals surface area contributed by atoms with Gasteiger partial charge < -0.3 is 20.1 Å². The summed E-state index contributed by atoms with van der Waals surface area (Å²) >= 11 is 7.12. The molecule has 4 aliphatic rings. The SMILES string of the molecule is Cc1c(Nc2nc(C(F)F)nc3cc(CC[C@@H]4CCC[C@@H]4O)cnc23)cccc1-c1cccc(CC(=O)c2nc3c(n2C)CCN(CCC24CCC(C(=O)O)(CC2)C4)C3)c1Cl. The molecule has 3 saturated carbocycles. The minimum atomic E-state index is -2.89. The normalized spacial score (nSPS) is 23.6. The summed E-state index contributed by atoms with van der Waals surface area (Å²) in [6.45, 7) is 4.34. The van der Waals surface area contributed by atoms with E-state index in [0.29, 0.717) is 46.1 Å². The van der Waals surface area contributed by atoms with Crippen LogP contribution in [-0.2, 0) is 37.6 Å². The summed E-state index contributed by atoms with van der Waals surface area (Å²) in [5.74, 6) is -0.562. The standard InChI is InChI=1S/C47H52ClF2N7O4/c1-27-31(8-5-10-33(27)52-42-40-34(53-43(55-42)41(49)50)22-28(24-51-40)12-13-29-6-4-11-37(29)58)32-9-3-7-30(39(32)48)23-38(59)44-54-35-25-57(20-14-36(35)56(44)2)21-19-46-15-17-47(26-46,18-16-46)45(60)61/h3,5,7-10,22,24,29,37,41,58H,4,6,11-21,23,25-26H2,1-2H3,(H,60,61)(H,52,53,55)/t29-,37-,46?,47?/m0/s1. The van der Waals surface area contributed by atoms with E-state index in [9.17, 15) is 28.6 Å². The number of carbonyl (C=O) groups is 2. The number of rotatable bonds is 14. The van der Waals surface area contributed by atoms with Gasteiger partial charge in [0.2, 0.25) is 5.78 Å². The van der Waals surface area contributed by atoms with Crippen LogP contribution in [0.3, 0.4) is 0 Å². The number of fused-ring (bicyclic) bond motifs is 4. The molecular weight excluding hydrogens is 800 g/mol. The fourth-order valence-electron chi connectivity index (χ4n) is 10.8. The van der Waals surface area contributed by atoms with Gasteiger partial charge in [0.05, 0.1) is 27.8 Å². The van der Waals surface area contributed by atoms with Crippen LogP contribution < -0.4 is 5.32 Å². The Balaban J connectivity index is 0.901. The van der Waals surface area contributed by atoms with Gasteiger partial charge >= 0.3 is 5.97 Å². The predicted octanol–water partition coefficient (Wildman–Crippen LogP) is 9.37. The maximum absolute atomic E-state index is 14.1. The van der Waals surface area contributed by atoms with Crippen molar-refractivity contribution >= 4 is 45.9 Å². The number of anilines is 2. The van der Waals surface area contributed by atoms with Crippen LogP contribution in [-0.4, -0.2) is 70.6 Å². The van der Waals surface area contributed by atoms with E-state index in [2.05, 4.69) is 25.2 Å². The van der Waals surface area contributed by atoms with Gasteiger partial charge in [-0.1, -0.05) is 48.4 Å². The van der Waals surface area contributed by atoms with Crippen LogP contribution in [0.1, 0.15) is 115 Å². The highest BCUT2D eigenvalue weighted by Gasteiger charge is 2.57. The monoisotopic (exact) mass is 851 g/mol. The van der Waals surface area contributed by atoms with Gasteiger partial charge in [-0.15, -0.1) is 0 Å². The average Bonchev–Trinajstić information content (AvgIpc) is 4.03. The minimum Gasteiger partial charge on any atom is -0.481 e. The third-order valence-corrected chi connectivity index (χ3v) is 15.0. The summed E-state index contributed by atoms with van der Waals surface area (Å²) in [4.78, 5) is 46.2. The Morgan fingerprint density at radius 2 is 1.84 bits per heavy atom. The fourth-order valence-corrected chi connectivity index (χ4v) is 11.1. The van der Waals surface area contributed by atoms with Crippen molar-refractivity contribution in [2.45, 2.75) is 109 Å². The molecule has 3 aromatic heterocycles. The summed E-state index contributed by atoms with van der Waals surface area (Å²) in [6.07, 6.45) is 8.99. The van der Waals surface area contributed by atoms with E-state index in [1.54, 1.807) is 12.3 Å². The predicted molar refractivity (Wildman–Crippen MR) is 229 cm³/mol. The topological polar surface area (TPSA) is 146 Å². The number of carboxylic acids is 1. The van der Waals surface area contributed by atoms with Gasteiger partial charge in [-0.3, -0.25) is 19.5 Å². The largest absolute Gasteiger partial charge is 0.481 e. The first-order chi connectivity index (χ1) is 29.3. The van der Waals surface area contributed by atoms with Gasteiger partial charge in [0.15, 0.2) is 17.5 Å². The number of hydrogen-bond donors (Lipinski definition) is 3. The second-order valence-electron chi connectivity index (χ2n) is 18.1. The number of aliphatic carboxylic acids is 1. The number of carbonyl (C=O) groups excluding carboxylic acids is 1. The number of halogens is 3. The van der Waals surface area contributed by atoms with Crippen LogP contribution in [0.25, 0.3) is 22.2 Å². The molecule has 4 heterocycles. The molecule has 2 bridgehead atoms. The molecule has 5 aromatic rings. The summed E-state index contributed by atoms with van der Waals surface area (Å²) in [7, 11) is 1.90. The van der Waals surface area contributed by atoms with Crippen molar-refractivity contribution in [2.24, 2.45) is 23.8 Å². The van der Waals surface area contributed by atoms with Crippen molar-refractivity contribution in [2.75, 3.05) is 18.4 Å². The van der Waals surface area contributed by atoms with Crippen molar-refractivity contribution in [3.05, 3.63) is 93.4 Å². The number of nitrogens with one attached hydrogen (secondary N) is 1. The van der Waals surface area contributed by atoms with E-state index >= 15 is 0 Å². The third kappa shape index (κ3) is 7.93. The lowest BCUT2D eigenvalue weighted by Crippen LogP contribution is -2.34. The molecule has 320 valence electrons. The Labute approximate surface area is 359 Å². The van der Waals surface area contributed by atoms with Gasteiger partial charge in [0, 0.05) is 56.1 Å². The fraction of sp³-hybridized carbons (Fsp3) is 0.489. The maximum Gasteiger partial charge on any atom is 0.309 e. The van der Waals surface area contributed by atoms with Crippen LogP contribution in [0.5, 0.6) is 0 Å². The van der Waals surface area contributed by atoms with Crippen molar-refractivity contribution in [1.82, 2.24) is 29.4 Å². The average molecular weight is 852 g/mol. The zero-order valence-electron chi connectivity index (χ0n) is 34.7. The van der Waals surface area contributed by atoms with Gasteiger partial charge in [0.25, 0.3) is 6.43 Å². The first-order valence-electron chi connectivity index (χ1n) is 21.6. The Morgan fingerprint density at radius 1 is 1.05 bits per heavy atom. The lowest BCUT2D eigenvalue weighted by Gasteiger charge is -2.32. The maximum atomic E-state index is 14.1. The number of carboxylic acid groups (broad SMARTS) is 1. The molecule has 3 N–H and O–H groups in total. The third-order valence-electron chi connectivity index (χ3n) is 14.5. The van der Waals surface area contributed by atoms with Gasteiger partial charge in [0.1, 0.15) is 5.52 Å². The number of aliphatic hydroxyl groups is 1. The molecule has 0 unspecified atom stereocenters. The van der Waals surface area contributed by atoms with E-state index in [0.717, 1.165) is 117 Å². The number of nitrogens with zero attached hydrogens (tertiary/aromatic N) is 6. The van der Waals surface area contributed by atoms with Crippen molar-refractivity contribution in [3.63, 3.8) is 0 Å². The molecule has 0 radical (unpaired) electrons. The second kappa shape index (κ2) is 16.4. The second-order valence-corrected chi connectivity index (χ2v) is 18.5. The lowest BCUT2D eigenvalue weighted by atomic mass is 9.80. The van der Waals surface area contributed by atoms with Crippen LogP contribution in [0.2, 0.25) is 5.02 Å². The Morgan fingerprint density at radius 3 is 2.57 bits per heavy atom. The van der Waals surface area contributed by atoms with E-state index in [1.807, 2.05) is 54.9 Å². The van der Waals surface area contributed by atoms with Gasteiger partial charge in [-0.2, -0.15) is 0 Å². The molecule has 14 heteroatoms. The molecule has 11 nitrogen and oxygen atoms in total. The van der Waals surface area contributed by atoms with Crippen LogP contribution in [0, 0.1) is 23.7 Å². The minimum absolute atomic E-state index is 0.0587. The summed E-state index contributed by atoms with van der Waals surface area (Å²) in [5.41, 5.74) is 6.77. The van der Waals surface area contributed by atoms with Crippen molar-refractivity contribution in [1.29, 1.82) is 0 Å². The van der Waals surface area contributed by atoms with E-state index in [4.69, 9.17) is 16.6 Å².